The standard InChI is InChI=1S/C33H37FN4O5/c1-42-29-23(9-18(10-24(29)34)27-22-7-17(11-39)8-25(22)43-38-27)30(40)36-28-20-5-4-19(21(20)6-16-2-3-16)26(28)31(41)37-33-12-32(13-33,14-33)15-35/h6,9-10,16-17,19-20,22,25-26,28,39H,2-5,7-8,11-14H2,1H3,(H,36,40)(H,37,41)/b21-6-/t17?,19?,20?,22?,25?,26-,28+,32?,33?/m0/s1. The summed E-state index contributed by atoms with van der Waals surface area (Å²) in [7, 11) is 1.34. The second-order valence-corrected chi connectivity index (χ2v) is 14.3. The first-order valence-electron chi connectivity index (χ1n) is 15.7. The van der Waals surface area contributed by atoms with Gasteiger partial charge >= 0.3 is 0 Å². The first-order valence-corrected chi connectivity index (χ1v) is 15.7. The average molecular weight is 589 g/mol. The van der Waals surface area contributed by atoms with Gasteiger partial charge < -0.3 is 25.3 Å². The van der Waals surface area contributed by atoms with Gasteiger partial charge in [0.25, 0.3) is 5.91 Å². The molecule has 0 saturated heterocycles. The van der Waals surface area contributed by atoms with Crippen molar-refractivity contribution in [1.82, 2.24) is 10.6 Å². The van der Waals surface area contributed by atoms with Gasteiger partial charge in [0.1, 0.15) is 6.10 Å². The molecule has 43 heavy (non-hydrogen) atoms. The molecule has 5 unspecified atom stereocenters. The van der Waals surface area contributed by atoms with Crippen LogP contribution in [0.25, 0.3) is 0 Å². The summed E-state index contributed by atoms with van der Waals surface area (Å²) in [4.78, 5) is 33.5. The number of ether oxygens (including phenoxy) is 1. The van der Waals surface area contributed by atoms with Crippen molar-refractivity contribution in [2.45, 2.75) is 75.5 Å². The quantitative estimate of drug-likeness (QED) is 0.398. The molecule has 1 aliphatic heterocycles. The van der Waals surface area contributed by atoms with Crippen LogP contribution in [-0.2, 0) is 9.63 Å². The normalized spacial score (nSPS) is 40.6. The molecule has 10 heteroatoms. The minimum atomic E-state index is -0.667. The van der Waals surface area contributed by atoms with E-state index >= 15 is 4.39 Å². The number of halogens is 1. The molecule has 7 atom stereocenters. The van der Waals surface area contributed by atoms with Crippen LogP contribution in [0.4, 0.5) is 4.39 Å². The third-order valence-corrected chi connectivity index (χ3v) is 11.5. The number of carbonyl (C=O) groups is 2. The number of benzene rings is 1. The van der Waals surface area contributed by atoms with Crippen molar-refractivity contribution >= 4 is 17.5 Å². The Morgan fingerprint density at radius 1 is 1.19 bits per heavy atom. The Balaban J connectivity index is 1.07. The number of hydrogen-bond donors (Lipinski definition) is 3. The Labute approximate surface area is 249 Å². The molecule has 0 aromatic heterocycles. The topological polar surface area (TPSA) is 133 Å². The number of aliphatic hydroxyl groups excluding tert-OH is 1. The number of oxime groups is 1. The lowest BCUT2D eigenvalue weighted by molar-refractivity contribution is -0.149. The number of carbonyl (C=O) groups excluding carboxylic acids is 2. The van der Waals surface area contributed by atoms with Crippen molar-refractivity contribution in [3.8, 4) is 11.8 Å². The first-order chi connectivity index (χ1) is 20.8. The highest BCUT2D eigenvalue weighted by atomic mass is 19.1. The summed E-state index contributed by atoms with van der Waals surface area (Å²) in [5, 5.41) is 29.8. The highest BCUT2D eigenvalue weighted by Crippen LogP contribution is 2.67. The van der Waals surface area contributed by atoms with Gasteiger partial charge in [-0.1, -0.05) is 16.8 Å². The largest absolute Gasteiger partial charge is 0.493 e. The molecule has 7 fully saturated rings. The maximum atomic E-state index is 15.5. The molecule has 9 nitrogen and oxygen atoms in total. The zero-order valence-electron chi connectivity index (χ0n) is 24.3. The summed E-state index contributed by atoms with van der Waals surface area (Å²) in [5.74, 6) is -1.07. The molecule has 0 spiro atoms. The lowest BCUT2D eigenvalue weighted by Crippen LogP contribution is -2.75. The Bertz CT molecular complexity index is 1490. The fraction of sp³-hybridized carbons (Fsp3) is 0.636. The van der Waals surface area contributed by atoms with Crippen molar-refractivity contribution in [1.29, 1.82) is 5.26 Å². The number of nitrogens with zero attached hydrogens (tertiary/aromatic N) is 2. The van der Waals surface area contributed by atoms with E-state index in [0.717, 1.165) is 25.7 Å². The molecule has 1 aromatic rings. The van der Waals surface area contributed by atoms with Crippen LogP contribution in [0.15, 0.2) is 28.9 Å². The molecule has 9 rings (SSSR count). The van der Waals surface area contributed by atoms with E-state index in [2.05, 4.69) is 27.9 Å². The number of rotatable bonds is 8. The molecule has 1 aromatic carbocycles. The van der Waals surface area contributed by atoms with E-state index in [1.807, 2.05) is 0 Å². The number of nitriles is 1. The maximum absolute atomic E-state index is 15.5. The van der Waals surface area contributed by atoms with Gasteiger partial charge in [-0.3, -0.25) is 9.59 Å². The number of amides is 2. The molecule has 8 aliphatic rings. The molecule has 2 amide bonds. The lowest BCUT2D eigenvalue weighted by atomic mass is 9.40. The Kier molecular flexibility index (Phi) is 6.01. The summed E-state index contributed by atoms with van der Waals surface area (Å²) in [6.07, 6.45) is 9.77. The van der Waals surface area contributed by atoms with Crippen LogP contribution in [0, 0.1) is 58.1 Å². The zero-order valence-corrected chi connectivity index (χ0v) is 24.3. The SMILES string of the molecule is COc1c(F)cc(C2=NOC3CC(CO)CC23)cc1C(=O)N[C@@H]1C2CCC(/C2=C/C2CC2)[C@@H]1C(=O)NC12CC(C#N)(C1)C2. The lowest BCUT2D eigenvalue weighted by Gasteiger charge is -2.67. The number of fused-ring (bicyclic) bond motifs is 3. The van der Waals surface area contributed by atoms with Crippen molar-refractivity contribution in [2.24, 2.45) is 46.1 Å². The second kappa shape index (κ2) is 9.52. The zero-order chi connectivity index (χ0) is 29.7. The Morgan fingerprint density at radius 2 is 1.95 bits per heavy atom. The van der Waals surface area contributed by atoms with E-state index < -0.39 is 23.7 Å². The van der Waals surface area contributed by atoms with Crippen LogP contribution in [0.3, 0.4) is 0 Å². The van der Waals surface area contributed by atoms with Gasteiger partial charge in [-0.25, -0.2) is 4.39 Å². The molecule has 3 N–H and O–H groups in total. The minimum absolute atomic E-state index is 0.0551. The highest BCUT2D eigenvalue weighted by molar-refractivity contribution is 6.06. The van der Waals surface area contributed by atoms with Crippen molar-refractivity contribution in [3.05, 3.63) is 40.7 Å². The van der Waals surface area contributed by atoms with Gasteiger partial charge in [0, 0.05) is 35.6 Å². The monoisotopic (exact) mass is 588 g/mol. The number of hydrogen-bond acceptors (Lipinski definition) is 7. The molecule has 1 heterocycles. The van der Waals surface area contributed by atoms with E-state index in [1.54, 1.807) is 6.07 Å². The van der Waals surface area contributed by atoms with Crippen LogP contribution in [0.5, 0.6) is 5.75 Å². The number of allylic oxidation sites excluding steroid dienone is 1. The van der Waals surface area contributed by atoms with Crippen LogP contribution in [0.2, 0.25) is 0 Å². The Hall–Kier alpha value is -3.45. The van der Waals surface area contributed by atoms with Crippen LogP contribution in [-0.4, -0.2) is 54.0 Å². The third kappa shape index (κ3) is 4.14. The van der Waals surface area contributed by atoms with Gasteiger partial charge in [-0.05, 0) is 87.7 Å². The minimum Gasteiger partial charge on any atom is -0.493 e. The second-order valence-electron chi connectivity index (χ2n) is 14.3. The van der Waals surface area contributed by atoms with Gasteiger partial charge in [0.2, 0.25) is 5.91 Å². The van der Waals surface area contributed by atoms with E-state index in [9.17, 15) is 20.0 Å². The summed E-state index contributed by atoms with van der Waals surface area (Å²) in [6.45, 7) is 0.0596. The molecule has 226 valence electrons. The van der Waals surface area contributed by atoms with Crippen LogP contribution < -0.4 is 15.4 Å². The summed E-state index contributed by atoms with van der Waals surface area (Å²) >= 11 is 0. The molecular weight excluding hydrogens is 551 g/mol. The third-order valence-electron chi connectivity index (χ3n) is 11.5. The van der Waals surface area contributed by atoms with Crippen LogP contribution >= 0.6 is 0 Å². The summed E-state index contributed by atoms with van der Waals surface area (Å²) in [6, 6.07) is 4.92. The molecular formula is C33H37FN4O5. The number of nitrogens with one attached hydrogen (secondary N) is 2. The van der Waals surface area contributed by atoms with E-state index in [4.69, 9.17) is 9.57 Å². The van der Waals surface area contributed by atoms with Crippen molar-refractivity contribution in [2.75, 3.05) is 13.7 Å². The molecule has 7 aliphatic carbocycles. The average Bonchev–Trinajstić information content (AvgIpc) is 3.24. The predicted molar refractivity (Wildman–Crippen MR) is 152 cm³/mol. The summed E-state index contributed by atoms with van der Waals surface area (Å²) in [5.41, 5.74) is 1.82. The van der Waals surface area contributed by atoms with Crippen molar-refractivity contribution < 1.29 is 28.7 Å². The molecule has 0 radical (unpaired) electrons. The number of methoxy groups -OCH3 is 1. The van der Waals surface area contributed by atoms with Gasteiger partial charge in [0.05, 0.1) is 35.8 Å². The molecule has 7 saturated carbocycles. The van der Waals surface area contributed by atoms with Gasteiger partial charge in [-0.2, -0.15) is 5.26 Å². The summed E-state index contributed by atoms with van der Waals surface area (Å²) < 4.78 is 20.8. The fourth-order valence-electron chi connectivity index (χ4n) is 9.40. The van der Waals surface area contributed by atoms with Crippen LogP contribution in [0.1, 0.15) is 73.7 Å². The predicted octanol–water partition coefficient (Wildman–Crippen LogP) is 3.61. The first kappa shape index (κ1) is 27.1. The van der Waals surface area contributed by atoms with E-state index in [1.165, 1.54) is 18.7 Å². The highest BCUT2D eigenvalue weighted by Gasteiger charge is 2.70. The number of aliphatic hydroxyl groups is 1. The van der Waals surface area contributed by atoms with Gasteiger partial charge in [0.15, 0.2) is 11.6 Å². The smallest absolute Gasteiger partial charge is 0.255 e. The molecule has 4 bridgehead atoms. The fourth-order valence-corrected chi connectivity index (χ4v) is 9.40. The maximum Gasteiger partial charge on any atom is 0.255 e. The van der Waals surface area contributed by atoms with Crippen molar-refractivity contribution in [3.63, 3.8) is 0 Å². The van der Waals surface area contributed by atoms with Gasteiger partial charge in [-0.15, -0.1) is 0 Å². The van der Waals surface area contributed by atoms with E-state index in [-0.39, 0.29) is 64.6 Å². The Morgan fingerprint density at radius 3 is 2.65 bits per heavy atom. The van der Waals surface area contributed by atoms with E-state index in [0.29, 0.717) is 49.3 Å².